The molecule has 3 heteroatoms. The lowest BCUT2D eigenvalue weighted by molar-refractivity contribution is 0.573. The average Bonchev–Trinajstić information content (AvgIpc) is 2.46. The number of nitriles is 1. The van der Waals surface area contributed by atoms with Crippen LogP contribution >= 0.6 is 0 Å². The molecular formula is C15H15N3. The average molecular weight is 237 g/mol. The van der Waals surface area contributed by atoms with Gasteiger partial charge in [-0.05, 0) is 18.6 Å². The van der Waals surface area contributed by atoms with Crippen LogP contribution in [0.2, 0.25) is 0 Å². The first kappa shape index (κ1) is 12.3. The number of pyridine rings is 1. The van der Waals surface area contributed by atoms with E-state index in [1.54, 1.807) is 6.20 Å². The van der Waals surface area contributed by atoms with E-state index >= 15 is 0 Å². The third kappa shape index (κ3) is 2.93. The third-order valence-corrected chi connectivity index (χ3v) is 2.90. The molecule has 0 aliphatic rings. The molecule has 2 rings (SSSR count). The van der Waals surface area contributed by atoms with Crippen molar-refractivity contribution < 1.29 is 0 Å². The third-order valence-electron chi connectivity index (χ3n) is 2.90. The van der Waals surface area contributed by atoms with E-state index in [1.165, 1.54) is 5.56 Å². The lowest BCUT2D eigenvalue weighted by Gasteiger charge is -2.14. The van der Waals surface area contributed by atoms with Crippen LogP contribution in [0.5, 0.6) is 0 Å². The van der Waals surface area contributed by atoms with Gasteiger partial charge in [0, 0.05) is 24.3 Å². The Kier molecular flexibility index (Phi) is 4.06. The highest BCUT2D eigenvalue weighted by molar-refractivity contribution is 5.30. The maximum Gasteiger partial charge on any atom is 0.144 e. The first-order valence-corrected chi connectivity index (χ1v) is 5.93. The van der Waals surface area contributed by atoms with Gasteiger partial charge in [-0.2, -0.15) is 5.26 Å². The Labute approximate surface area is 107 Å². The predicted octanol–water partition coefficient (Wildman–Crippen LogP) is 2.80. The van der Waals surface area contributed by atoms with E-state index in [4.69, 9.17) is 5.26 Å². The van der Waals surface area contributed by atoms with Crippen molar-refractivity contribution >= 4 is 0 Å². The van der Waals surface area contributed by atoms with E-state index in [2.05, 4.69) is 35.4 Å². The summed E-state index contributed by atoms with van der Waals surface area (Å²) in [4.78, 5) is 4.05. The van der Waals surface area contributed by atoms with Crippen molar-refractivity contribution in [3.8, 4) is 6.07 Å². The van der Waals surface area contributed by atoms with Crippen LogP contribution in [0.4, 0.5) is 0 Å². The molecule has 0 unspecified atom stereocenters. The number of hydrogen-bond acceptors (Lipinski definition) is 3. The first-order valence-electron chi connectivity index (χ1n) is 5.93. The van der Waals surface area contributed by atoms with E-state index in [-0.39, 0.29) is 6.04 Å². The van der Waals surface area contributed by atoms with Crippen LogP contribution in [0.1, 0.15) is 29.8 Å². The summed E-state index contributed by atoms with van der Waals surface area (Å²) in [5.74, 6) is 0. The summed E-state index contributed by atoms with van der Waals surface area (Å²) >= 11 is 0. The van der Waals surface area contributed by atoms with Crippen molar-refractivity contribution in [2.75, 3.05) is 0 Å². The zero-order valence-electron chi connectivity index (χ0n) is 10.3. The minimum atomic E-state index is 0.248. The molecule has 18 heavy (non-hydrogen) atoms. The quantitative estimate of drug-likeness (QED) is 0.889. The summed E-state index contributed by atoms with van der Waals surface area (Å²) in [5.41, 5.74) is 2.66. The van der Waals surface area contributed by atoms with Gasteiger partial charge in [-0.25, -0.2) is 4.98 Å². The molecule has 0 radical (unpaired) electrons. The summed E-state index contributed by atoms with van der Waals surface area (Å²) in [6, 6.07) is 16.4. The molecule has 1 aromatic heterocycles. The van der Waals surface area contributed by atoms with Crippen molar-refractivity contribution in [2.24, 2.45) is 0 Å². The minimum absolute atomic E-state index is 0.248. The molecule has 1 heterocycles. The number of nitrogens with one attached hydrogen (secondary N) is 1. The van der Waals surface area contributed by atoms with Crippen LogP contribution in [0, 0.1) is 11.3 Å². The summed E-state index contributed by atoms with van der Waals surface area (Å²) in [7, 11) is 0. The molecule has 0 saturated carbocycles. The lowest BCUT2D eigenvalue weighted by Crippen LogP contribution is -2.18. The lowest BCUT2D eigenvalue weighted by atomic mass is 10.1. The standard InChI is InChI=1S/C15H15N3/c1-12(13-6-3-2-4-7-13)18-11-14-8-5-9-17-15(14)10-16/h2-9,12,18H,11H2,1H3/t12-/m0/s1. The van der Waals surface area contributed by atoms with Gasteiger partial charge in [0.25, 0.3) is 0 Å². The Morgan fingerprint density at radius 2 is 2.00 bits per heavy atom. The number of benzene rings is 1. The molecule has 0 aliphatic carbocycles. The van der Waals surface area contributed by atoms with Crippen LogP contribution in [-0.2, 0) is 6.54 Å². The SMILES string of the molecule is C[C@H](NCc1cccnc1C#N)c1ccccc1. The Bertz CT molecular complexity index is 543. The molecule has 1 N–H and O–H groups in total. The van der Waals surface area contributed by atoms with Gasteiger partial charge in [-0.1, -0.05) is 36.4 Å². The molecule has 0 saturated heterocycles. The maximum atomic E-state index is 8.96. The van der Waals surface area contributed by atoms with Gasteiger partial charge in [0.05, 0.1) is 0 Å². The van der Waals surface area contributed by atoms with Gasteiger partial charge in [-0.3, -0.25) is 0 Å². The molecule has 3 nitrogen and oxygen atoms in total. The molecule has 0 aliphatic heterocycles. The summed E-state index contributed by atoms with van der Waals surface area (Å²) in [6.07, 6.45) is 1.64. The van der Waals surface area contributed by atoms with Crippen molar-refractivity contribution in [3.05, 3.63) is 65.5 Å². The predicted molar refractivity (Wildman–Crippen MR) is 70.6 cm³/mol. The molecule has 2 aromatic rings. The number of rotatable bonds is 4. The van der Waals surface area contributed by atoms with Gasteiger partial charge in [0.1, 0.15) is 11.8 Å². The van der Waals surface area contributed by atoms with E-state index in [0.29, 0.717) is 12.2 Å². The Hall–Kier alpha value is -2.18. The highest BCUT2D eigenvalue weighted by Gasteiger charge is 2.06. The highest BCUT2D eigenvalue weighted by atomic mass is 14.9. The number of nitrogens with zero attached hydrogens (tertiary/aromatic N) is 2. The van der Waals surface area contributed by atoms with Crippen LogP contribution in [0.15, 0.2) is 48.7 Å². The Balaban J connectivity index is 2.02. The molecule has 0 fully saturated rings. The molecule has 0 bridgehead atoms. The smallest absolute Gasteiger partial charge is 0.144 e. The van der Waals surface area contributed by atoms with Gasteiger partial charge in [-0.15, -0.1) is 0 Å². The summed E-state index contributed by atoms with van der Waals surface area (Å²) in [5, 5.41) is 12.4. The zero-order chi connectivity index (χ0) is 12.8. The second kappa shape index (κ2) is 5.95. The van der Waals surface area contributed by atoms with Gasteiger partial charge in [0.2, 0.25) is 0 Å². The largest absolute Gasteiger partial charge is 0.306 e. The van der Waals surface area contributed by atoms with Crippen LogP contribution in [0.25, 0.3) is 0 Å². The normalized spacial score (nSPS) is 11.8. The maximum absolute atomic E-state index is 8.96. The molecule has 1 aromatic carbocycles. The van der Waals surface area contributed by atoms with Crippen LogP contribution in [-0.4, -0.2) is 4.98 Å². The fourth-order valence-electron chi connectivity index (χ4n) is 1.80. The fraction of sp³-hybridized carbons (Fsp3) is 0.200. The van der Waals surface area contributed by atoms with Gasteiger partial charge in [0.15, 0.2) is 0 Å². The summed E-state index contributed by atoms with van der Waals surface area (Å²) in [6.45, 7) is 2.75. The Morgan fingerprint density at radius 1 is 1.22 bits per heavy atom. The van der Waals surface area contributed by atoms with Crippen molar-refractivity contribution in [1.29, 1.82) is 5.26 Å². The first-order chi connectivity index (χ1) is 8.81. The van der Waals surface area contributed by atoms with Crippen LogP contribution < -0.4 is 5.32 Å². The molecule has 0 spiro atoms. The molecule has 90 valence electrons. The van der Waals surface area contributed by atoms with Crippen molar-refractivity contribution in [3.63, 3.8) is 0 Å². The highest BCUT2D eigenvalue weighted by Crippen LogP contribution is 2.12. The van der Waals surface area contributed by atoms with E-state index in [1.807, 2.05) is 30.3 Å². The van der Waals surface area contributed by atoms with E-state index in [0.717, 1.165) is 5.56 Å². The zero-order valence-corrected chi connectivity index (χ0v) is 10.3. The Morgan fingerprint density at radius 3 is 2.72 bits per heavy atom. The molecule has 0 amide bonds. The number of hydrogen-bond donors (Lipinski definition) is 1. The van der Waals surface area contributed by atoms with Gasteiger partial charge < -0.3 is 5.32 Å². The molecule has 1 atom stereocenters. The number of aromatic nitrogens is 1. The summed E-state index contributed by atoms with van der Waals surface area (Å²) < 4.78 is 0. The molecular weight excluding hydrogens is 222 g/mol. The topological polar surface area (TPSA) is 48.7 Å². The van der Waals surface area contributed by atoms with E-state index in [9.17, 15) is 0 Å². The minimum Gasteiger partial charge on any atom is -0.306 e. The van der Waals surface area contributed by atoms with Crippen molar-refractivity contribution in [2.45, 2.75) is 19.5 Å². The fourth-order valence-corrected chi connectivity index (χ4v) is 1.80. The van der Waals surface area contributed by atoms with Gasteiger partial charge >= 0.3 is 0 Å². The second-order valence-corrected chi connectivity index (χ2v) is 4.14. The van der Waals surface area contributed by atoms with Crippen molar-refractivity contribution in [1.82, 2.24) is 10.3 Å². The second-order valence-electron chi connectivity index (χ2n) is 4.14. The van der Waals surface area contributed by atoms with E-state index < -0.39 is 0 Å². The monoisotopic (exact) mass is 237 g/mol. The van der Waals surface area contributed by atoms with Crippen LogP contribution in [0.3, 0.4) is 0 Å².